The van der Waals surface area contributed by atoms with E-state index in [4.69, 9.17) is 21.1 Å². The number of amides is 1. The van der Waals surface area contributed by atoms with Crippen LogP contribution in [0.15, 0.2) is 30.3 Å². The summed E-state index contributed by atoms with van der Waals surface area (Å²) in [6.45, 7) is 7.85. The van der Waals surface area contributed by atoms with Crippen molar-refractivity contribution in [2.75, 3.05) is 38.2 Å². The molecular formula is C25H30ClN3O4S. The molecule has 34 heavy (non-hydrogen) atoms. The highest BCUT2D eigenvalue weighted by molar-refractivity contribution is 7.22. The normalized spacial score (nSPS) is 18.7. The minimum atomic E-state index is -1.02. The van der Waals surface area contributed by atoms with E-state index in [1.807, 2.05) is 56.0 Å². The zero-order valence-corrected chi connectivity index (χ0v) is 21.3. The molecule has 1 aliphatic heterocycles. The van der Waals surface area contributed by atoms with Gasteiger partial charge in [0.2, 0.25) is 5.91 Å². The summed E-state index contributed by atoms with van der Waals surface area (Å²) in [5.74, 6) is 1.32. The SMILES string of the molecule is CCOc1ccc2nc(NC(=O)CN3CCCC(O)(COc4cc(C)c(Cl)c(C)c4)C3)sc2c1. The van der Waals surface area contributed by atoms with Gasteiger partial charge in [0.25, 0.3) is 0 Å². The molecule has 1 fully saturated rings. The van der Waals surface area contributed by atoms with E-state index >= 15 is 0 Å². The van der Waals surface area contributed by atoms with E-state index in [9.17, 15) is 9.90 Å². The van der Waals surface area contributed by atoms with E-state index in [-0.39, 0.29) is 19.1 Å². The van der Waals surface area contributed by atoms with Crippen molar-refractivity contribution >= 4 is 44.2 Å². The molecule has 7 nitrogen and oxygen atoms in total. The van der Waals surface area contributed by atoms with Crippen molar-refractivity contribution < 1.29 is 19.4 Å². The van der Waals surface area contributed by atoms with E-state index in [1.165, 1.54) is 11.3 Å². The molecule has 4 rings (SSSR count). The van der Waals surface area contributed by atoms with Crippen LogP contribution in [0.1, 0.15) is 30.9 Å². The Balaban J connectivity index is 1.33. The number of ether oxygens (including phenoxy) is 2. The van der Waals surface area contributed by atoms with Crippen LogP contribution in [-0.2, 0) is 4.79 Å². The van der Waals surface area contributed by atoms with Crippen LogP contribution in [0, 0.1) is 13.8 Å². The Labute approximate surface area is 208 Å². The summed E-state index contributed by atoms with van der Waals surface area (Å²) in [6, 6.07) is 9.45. The number of nitrogens with zero attached hydrogens (tertiary/aromatic N) is 2. The molecular weight excluding hydrogens is 474 g/mol. The largest absolute Gasteiger partial charge is 0.494 e. The van der Waals surface area contributed by atoms with Gasteiger partial charge < -0.3 is 19.9 Å². The van der Waals surface area contributed by atoms with Crippen LogP contribution in [0.2, 0.25) is 5.02 Å². The second-order valence-corrected chi connectivity index (χ2v) is 10.2. The van der Waals surface area contributed by atoms with Gasteiger partial charge in [-0.15, -0.1) is 0 Å². The number of aromatic nitrogens is 1. The molecule has 3 aromatic rings. The molecule has 1 amide bonds. The fourth-order valence-electron chi connectivity index (χ4n) is 4.24. The molecule has 0 aliphatic carbocycles. The van der Waals surface area contributed by atoms with E-state index in [0.717, 1.165) is 45.1 Å². The van der Waals surface area contributed by atoms with Gasteiger partial charge in [0.1, 0.15) is 23.7 Å². The Morgan fingerprint density at radius 3 is 2.74 bits per heavy atom. The minimum absolute atomic E-state index is 0.154. The first-order valence-corrected chi connectivity index (χ1v) is 12.6. The lowest BCUT2D eigenvalue weighted by molar-refractivity contribution is -0.119. The fourth-order valence-corrected chi connectivity index (χ4v) is 5.26. The van der Waals surface area contributed by atoms with Gasteiger partial charge in [-0.05, 0) is 81.6 Å². The Morgan fingerprint density at radius 2 is 2.00 bits per heavy atom. The van der Waals surface area contributed by atoms with Crippen molar-refractivity contribution in [3.63, 3.8) is 0 Å². The van der Waals surface area contributed by atoms with Gasteiger partial charge in [-0.2, -0.15) is 0 Å². The molecule has 1 unspecified atom stereocenters. The van der Waals surface area contributed by atoms with Gasteiger partial charge in [-0.3, -0.25) is 9.69 Å². The van der Waals surface area contributed by atoms with Gasteiger partial charge in [-0.1, -0.05) is 22.9 Å². The van der Waals surface area contributed by atoms with Crippen molar-refractivity contribution in [1.29, 1.82) is 0 Å². The van der Waals surface area contributed by atoms with Gasteiger partial charge in [-0.25, -0.2) is 4.98 Å². The number of hydrogen-bond donors (Lipinski definition) is 2. The van der Waals surface area contributed by atoms with Crippen molar-refractivity contribution in [2.24, 2.45) is 0 Å². The quantitative estimate of drug-likeness (QED) is 0.459. The third-order valence-electron chi connectivity index (χ3n) is 5.84. The predicted molar refractivity (Wildman–Crippen MR) is 136 cm³/mol. The monoisotopic (exact) mass is 503 g/mol. The second-order valence-electron chi connectivity index (χ2n) is 8.83. The molecule has 1 aromatic heterocycles. The summed E-state index contributed by atoms with van der Waals surface area (Å²) in [5.41, 5.74) is 1.68. The molecule has 182 valence electrons. The van der Waals surface area contributed by atoms with Crippen LogP contribution < -0.4 is 14.8 Å². The average Bonchev–Trinajstić information content (AvgIpc) is 3.17. The van der Waals surface area contributed by atoms with E-state index in [1.54, 1.807) is 0 Å². The predicted octanol–water partition coefficient (Wildman–Crippen LogP) is 4.81. The second kappa shape index (κ2) is 10.5. The minimum Gasteiger partial charge on any atom is -0.494 e. The zero-order valence-electron chi connectivity index (χ0n) is 19.7. The maximum absolute atomic E-state index is 12.7. The Hall–Kier alpha value is -2.39. The van der Waals surface area contributed by atoms with Crippen LogP contribution in [0.25, 0.3) is 10.2 Å². The van der Waals surface area contributed by atoms with Gasteiger partial charge in [0.15, 0.2) is 5.13 Å². The first-order chi connectivity index (χ1) is 16.2. The number of benzene rings is 2. The Kier molecular flexibility index (Phi) is 7.62. The van der Waals surface area contributed by atoms with Crippen LogP contribution in [0.4, 0.5) is 5.13 Å². The Bertz CT molecular complexity index is 1160. The average molecular weight is 504 g/mol. The molecule has 2 aromatic carbocycles. The molecule has 0 radical (unpaired) electrons. The van der Waals surface area contributed by atoms with Crippen LogP contribution in [0.3, 0.4) is 0 Å². The number of fused-ring (bicyclic) bond motifs is 1. The number of anilines is 1. The summed E-state index contributed by atoms with van der Waals surface area (Å²) in [7, 11) is 0. The van der Waals surface area contributed by atoms with Gasteiger partial charge in [0, 0.05) is 11.6 Å². The maximum atomic E-state index is 12.7. The summed E-state index contributed by atoms with van der Waals surface area (Å²) in [4.78, 5) is 19.1. The highest BCUT2D eigenvalue weighted by Crippen LogP contribution is 2.30. The third kappa shape index (κ3) is 5.99. The highest BCUT2D eigenvalue weighted by Gasteiger charge is 2.35. The first-order valence-electron chi connectivity index (χ1n) is 11.4. The summed E-state index contributed by atoms with van der Waals surface area (Å²) >= 11 is 7.65. The number of carbonyl (C=O) groups excluding carboxylic acids is 1. The molecule has 1 aliphatic rings. The molecule has 0 spiro atoms. The molecule has 1 saturated heterocycles. The van der Waals surface area contributed by atoms with Gasteiger partial charge in [0.05, 0.1) is 23.4 Å². The number of aliphatic hydroxyl groups is 1. The van der Waals surface area contributed by atoms with Crippen molar-refractivity contribution in [3.05, 3.63) is 46.5 Å². The lowest BCUT2D eigenvalue weighted by atomic mass is 9.93. The number of piperidine rings is 1. The molecule has 9 heteroatoms. The summed E-state index contributed by atoms with van der Waals surface area (Å²) in [5, 5.41) is 15.3. The number of likely N-dealkylation sites (tertiary alicyclic amines) is 1. The molecule has 2 heterocycles. The van der Waals surface area contributed by atoms with E-state index < -0.39 is 5.60 Å². The van der Waals surface area contributed by atoms with Gasteiger partial charge >= 0.3 is 0 Å². The number of rotatable bonds is 8. The van der Waals surface area contributed by atoms with Crippen molar-refractivity contribution in [2.45, 2.75) is 39.2 Å². The van der Waals surface area contributed by atoms with Crippen molar-refractivity contribution in [1.82, 2.24) is 9.88 Å². The standard InChI is InChI=1S/C25H30ClN3O4S/c1-4-32-18-6-7-20-21(12-18)34-24(27-20)28-22(30)13-29-9-5-8-25(31,14-29)15-33-19-10-16(2)23(26)17(3)11-19/h6-7,10-12,31H,4-5,8-9,13-15H2,1-3H3,(H,27,28,30). The number of β-amino-alcohol motifs (C(OH)–C–C–N with tert-alkyl or cyclic N) is 1. The number of nitrogens with one attached hydrogen (secondary N) is 1. The summed E-state index contributed by atoms with van der Waals surface area (Å²) < 4.78 is 12.4. The van der Waals surface area contributed by atoms with Crippen LogP contribution >= 0.6 is 22.9 Å². The molecule has 1 atom stereocenters. The number of aryl methyl sites for hydroxylation is 2. The van der Waals surface area contributed by atoms with Crippen LogP contribution in [0.5, 0.6) is 11.5 Å². The zero-order chi connectivity index (χ0) is 24.3. The molecule has 0 saturated carbocycles. The molecule has 0 bridgehead atoms. The van der Waals surface area contributed by atoms with Crippen LogP contribution in [-0.4, -0.2) is 59.3 Å². The lowest BCUT2D eigenvalue weighted by Crippen LogP contribution is -2.53. The topological polar surface area (TPSA) is 83.9 Å². The number of carbonyl (C=O) groups is 1. The maximum Gasteiger partial charge on any atom is 0.240 e. The summed E-state index contributed by atoms with van der Waals surface area (Å²) in [6.07, 6.45) is 1.41. The Morgan fingerprint density at radius 1 is 1.24 bits per heavy atom. The lowest BCUT2D eigenvalue weighted by Gasteiger charge is -2.38. The van der Waals surface area contributed by atoms with E-state index in [2.05, 4.69) is 10.3 Å². The fraction of sp³-hybridized carbons (Fsp3) is 0.440. The van der Waals surface area contributed by atoms with E-state index in [0.29, 0.717) is 30.5 Å². The van der Waals surface area contributed by atoms with Crippen molar-refractivity contribution in [3.8, 4) is 11.5 Å². The third-order valence-corrected chi connectivity index (χ3v) is 7.37. The molecule has 2 N–H and O–H groups in total. The number of halogens is 1. The first kappa shape index (κ1) is 24.7. The highest BCUT2D eigenvalue weighted by atomic mass is 35.5. The smallest absolute Gasteiger partial charge is 0.240 e. The number of thiazole rings is 1. The number of hydrogen-bond acceptors (Lipinski definition) is 7.